The Hall–Kier alpha value is -0.0800. The standard InChI is InChI=1S/C16H29N3O2.HI/c1-3-20-11-9-18-15(17-2)19-13-12-6-10-21-14(12)16(13)7-4-5-8-16;/h12-14H,3-11H2,1-2H3,(H2,17,18,19);1H. The normalized spacial score (nSPS) is 32.3. The lowest BCUT2D eigenvalue weighted by molar-refractivity contribution is -0.125. The van der Waals surface area contributed by atoms with Gasteiger partial charge in [-0.25, -0.2) is 0 Å². The van der Waals surface area contributed by atoms with Gasteiger partial charge in [-0.2, -0.15) is 0 Å². The molecule has 1 aliphatic heterocycles. The zero-order valence-corrected chi connectivity index (χ0v) is 16.1. The van der Waals surface area contributed by atoms with Crippen molar-refractivity contribution in [3.05, 3.63) is 0 Å². The van der Waals surface area contributed by atoms with Crippen molar-refractivity contribution in [1.29, 1.82) is 0 Å². The summed E-state index contributed by atoms with van der Waals surface area (Å²) in [6.07, 6.45) is 7.00. The molecular formula is C16H30IN3O2. The third-order valence-corrected chi connectivity index (χ3v) is 5.54. The van der Waals surface area contributed by atoms with Crippen molar-refractivity contribution in [2.24, 2.45) is 16.3 Å². The van der Waals surface area contributed by atoms with Crippen LogP contribution >= 0.6 is 24.0 Å². The summed E-state index contributed by atoms with van der Waals surface area (Å²) in [6.45, 7) is 5.25. The lowest BCUT2D eigenvalue weighted by atomic mass is 9.54. The second-order valence-electron chi connectivity index (χ2n) is 6.50. The van der Waals surface area contributed by atoms with Crippen LogP contribution in [0.15, 0.2) is 4.99 Å². The summed E-state index contributed by atoms with van der Waals surface area (Å²) in [4.78, 5) is 4.37. The highest BCUT2D eigenvalue weighted by molar-refractivity contribution is 14.0. The van der Waals surface area contributed by atoms with E-state index >= 15 is 0 Å². The number of rotatable bonds is 5. The minimum absolute atomic E-state index is 0. The number of hydrogen-bond donors (Lipinski definition) is 2. The fraction of sp³-hybridized carbons (Fsp3) is 0.938. The summed E-state index contributed by atoms with van der Waals surface area (Å²) >= 11 is 0. The number of aliphatic imine (C=N–C) groups is 1. The Morgan fingerprint density at radius 2 is 2.14 bits per heavy atom. The predicted octanol–water partition coefficient (Wildman–Crippen LogP) is 2.15. The molecule has 2 aliphatic carbocycles. The molecule has 6 heteroatoms. The Morgan fingerprint density at radius 1 is 1.36 bits per heavy atom. The Bertz CT molecular complexity index is 386. The first-order valence-corrected chi connectivity index (χ1v) is 8.48. The third-order valence-electron chi connectivity index (χ3n) is 5.54. The van der Waals surface area contributed by atoms with Crippen molar-refractivity contribution < 1.29 is 9.47 Å². The SMILES string of the molecule is CCOCCNC(=NC)NC1C2CCOC2C12CCCC2.I. The van der Waals surface area contributed by atoms with Crippen molar-refractivity contribution >= 4 is 29.9 Å². The van der Waals surface area contributed by atoms with E-state index in [-0.39, 0.29) is 24.0 Å². The van der Waals surface area contributed by atoms with Crippen LogP contribution in [0.5, 0.6) is 0 Å². The van der Waals surface area contributed by atoms with E-state index in [1.807, 2.05) is 14.0 Å². The lowest BCUT2D eigenvalue weighted by Gasteiger charge is -2.57. The van der Waals surface area contributed by atoms with Gasteiger partial charge in [0, 0.05) is 44.2 Å². The van der Waals surface area contributed by atoms with E-state index in [0.717, 1.165) is 32.3 Å². The van der Waals surface area contributed by atoms with E-state index in [1.165, 1.54) is 32.1 Å². The van der Waals surface area contributed by atoms with E-state index in [4.69, 9.17) is 9.47 Å². The molecule has 0 aromatic carbocycles. The van der Waals surface area contributed by atoms with Crippen molar-refractivity contribution in [3.63, 3.8) is 0 Å². The molecule has 22 heavy (non-hydrogen) atoms. The van der Waals surface area contributed by atoms with E-state index < -0.39 is 0 Å². The molecule has 0 aromatic rings. The van der Waals surface area contributed by atoms with Crippen LogP contribution in [0.2, 0.25) is 0 Å². The van der Waals surface area contributed by atoms with Crippen LogP contribution in [0.4, 0.5) is 0 Å². The van der Waals surface area contributed by atoms with Crippen molar-refractivity contribution in [1.82, 2.24) is 10.6 Å². The minimum atomic E-state index is 0. The topological polar surface area (TPSA) is 54.9 Å². The zero-order chi connectivity index (χ0) is 14.7. The maximum atomic E-state index is 6.03. The molecular weight excluding hydrogens is 393 g/mol. The van der Waals surface area contributed by atoms with Crippen LogP contribution in [0.25, 0.3) is 0 Å². The van der Waals surface area contributed by atoms with Crippen LogP contribution < -0.4 is 10.6 Å². The molecule has 0 bridgehead atoms. The molecule has 128 valence electrons. The molecule has 3 unspecified atom stereocenters. The van der Waals surface area contributed by atoms with Crippen LogP contribution in [0.1, 0.15) is 39.0 Å². The first-order valence-electron chi connectivity index (χ1n) is 8.48. The smallest absolute Gasteiger partial charge is 0.191 e. The van der Waals surface area contributed by atoms with Gasteiger partial charge < -0.3 is 20.1 Å². The van der Waals surface area contributed by atoms with Gasteiger partial charge in [-0.05, 0) is 26.2 Å². The summed E-state index contributed by atoms with van der Waals surface area (Å²) in [5.74, 6) is 1.59. The molecule has 3 aliphatic rings. The molecule has 3 rings (SSSR count). The Kier molecular flexibility index (Phi) is 6.76. The molecule has 0 amide bonds. The summed E-state index contributed by atoms with van der Waals surface area (Å²) < 4.78 is 11.4. The summed E-state index contributed by atoms with van der Waals surface area (Å²) in [6, 6.07) is 0.533. The largest absolute Gasteiger partial charge is 0.380 e. The Morgan fingerprint density at radius 3 is 2.82 bits per heavy atom. The van der Waals surface area contributed by atoms with Gasteiger partial charge in [0.05, 0.1) is 12.7 Å². The van der Waals surface area contributed by atoms with Crippen LogP contribution in [-0.2, 0) is 9.47 Å². The third kappa shape index (κ3) is 3.24. The Balaban J connectivity index is 0.00000176. The summed E-state index contributed by atoms with van der Waals surface area (Å²) in [7, 11) is 1.85. The maximum Gasteiger partial charge on any atom is 0.191 e. The molecule has 0 aromatic heterocycles. The molecule has 5 nitrogen and oxygen atoms in total. The van der Waals surface area contributed by atoms with Crippen LogP contribution in [0.3, 0.4) is 0 Å². The average Bonchev–Trinajstić information content (AvgIpc) is 3.14. The first kappa shape index (κ1) is 18.3. The number of nitrogens with zero attached hydrogens (tertiary/aromatic N) is 1. The molecule has 3 atom stereocenters. The molecule has 0 radical (unpaired) electrons. The highest BCUT2D eigenvalue weighted by Gasteiger charge is 2.65. The van der Waals surface area contributed by atoms with Gasteiger partial charge >= 0.3 is 0 Å². The fourth-order valence-corrected chi connectivity index (χ4v) is 4.63. The molecule has 1 saturated heterocycles. The monoisotopic (exact) mass is 423 g/mol. The van der Waals surface area contributed by atoms with E-state index in [1.54, 1.807) is 0 Å². The van der Waals surface area contributed by atoms with Gasteiger partial charge in [0.15, 0.2) is 5.96 Å². The van der Waals surface area contributed by atoms with Crippen molar-refractivity contribution in [2.75, 3.05) is 33.4 Å². The predicted molar refractivity (Wildman–Crippen MR) is 98.9 cm³/mol. The van der Waals surface area contributed by atoms with Gasteiger partial charge in [-0.1, -0.05) is 12.8 Å². The van der Waals surface area contributed by atoms with Gasteiger partial charge in [0.1, 0.15) is 0 Å². The van der Waals surface area contributed by atoms with E-state index in [9.17, 15) is 0 Å². The highest BCUT2D eigenvalue weighted by Crippen LogP contribution is 2.60. The summed E-state index contributed by atoms with van der Waals surface area (Å²) in [5.41, 5.74) is 0.374. The lowest BCUT2D eigenvalue weighted by Crippen LogP contribution is -2.69. The molecule has 2 N–H and O–H groups in total. The Labute approximate surface area is 151 Å². The van der Waals surface area contributed by atoms with Gasteiger partial charge in [0.2, 0.25) is 0 Å². The van der Waals surface area contributed by atoms with Gasteiger partial charge in [0.25, 0.3) is 0 Å². The molecule has 1 spiro atoms. The fourth-order valence-electron chi connectivity index (χ4n) is 4.63. The number of ether oxygens (including phenoxy) is 2. The van der Waals surface area contributed by atoms with Gasteiger partial charge in [-0.15, -0.1) is 24.0 Å². The van der Waals surface area contributed by atoms with Crippen LogP contribution in [-0.4, -0.2) is 51.5 Å². The van der Waals surface area contributed by atoms with Crippen molar-refractivity contribution in [3.8, 4) is 0 Å². The molecule has 2 saturated carbocycles. The average molecular weight is 423 g/mol. The summed E-state index contributed by atoms with van der Waals surface area (Å²) in [5, 5.41) is 7.05. The number of halogens is 1. The highest BCUT2D eigenvalue weighted by atomic mass is 127. The van der Waals surface area contributed by atoms with E-state index in [2.05, 4.69) is 15.6 Å². The zero-order valence-electron chi connectivity index (χ0n) is 13.8. The van der Waals surface area contributed by atoms with Gasteiger partial charge in [-0.3, -0.25) is 4.99 Å². The first-order chi connectivity index (χ1) is 10.3. The maximum absolute atomic E-state index is 6.03. The molecule has 3 fully saturated rings. The number of hydrogen-bond acceptors (Lipinski definition) is 3. The van der Waals surface area contributed by atoms with Crippen LogP contribution in [0, 0.1) is 11.3 Å². The number of fused-ring (bicyclic) bond motifs is 2. The van der Waals surface area contributed by atoms with Crippen molar-refractivity contribution in [2.45, 2.75) is 51.2 Å². The quantitative estimate of drug-likeness (QED) is 0.308. The minimum Gasteiger partial charge on any atom is -0.380 e. The number of nitrogens with one attached hydrogen (secondary N) is 2. The molecule has 1 heterocycles. The second kappa shape index (κ2) is 8.15. The second-order valence-corrected chi connectivity index (χ2v) is 6.50. The van der Waals surface area contributed by atoms with E-state index in [0.29, 0.717) is 23.5 Å². The number of guanidine groups is 1.